The third-order valence-electron chi connectivity index (χ3n) is 1.72. The van der Waals surface area contributed by atoms with Crippen molar-refractivity contribution < 1.29 is 5.10 Å². The second-order valence-corrected chi connectivity index (χ2v) is 2.42. The van der Waals surface area contributed by atoms with E-state index in [1.807, 2.05) is 12.1 Å². The van der Waals surface area contributed by atoms with Crippen molar-refractivity contribution in [2.24, 2.45) is 0 Å². The molecule has 0 unspecified atom stereocenters. The molecule has 2 N–H and O–H groups in total. The molecule has 1 aromatic heterocycles. The summed E-state index contributed by atoms with van der Waals surface area (Å²) in [7, 11) is 0. The van der Waals surface area contributed by atoms with Crippen LogP contribution in [0.4, 0.5) is 0 Å². The lowest BCUT2D eigenvalue weighted by molar-refractivity contribution is -0.421. The zero-order chi connectivity index (χ0) is 6.97. The Labute approximate surface area is 58.9 Å². The lowest BCUT2D eigenvalue weighted by Crippen LogP contribution is -2.00. The summed E-state index contributed by atoms with van der Waals surface area (Å²) in [5, 5.41) is 7.38. The Balaban J connectivity index is 2.93. The molecule has 0 spiro atoms. The van der Waals surface area contributed by atoms with E-state index in [1.165, 1.54) is 16.6 Å². The molecule has 0 bridgehead atoms. The van der Waals surface area contributed by atoms with Gasteiger partial charge < -0.3 is 0 Å². The van der Waals surface area contributed by atoms with Crippen molar-refractivity contribution in [1.29, 1.82) is 0 Å². The highest BCUT2D eigenvalue weighted by molar-refractivity contribution is 5.77. The molecule has 0 aliphatic heterocycles. The molecule has 0 saturated heterocycles. The average Bonchev–Trinajstić information content (AvgIpc) is 2.34. The highest BCUT2D eigenvalue weighted by Crippen LogP contribution is 2.09. The van der Waals surface area contributed by atoms with Gasteiger partial charge in [-0.15, -0.1) is 5.10 Å². The highest BCUT2D eigenvalue weighted by Gasteiger charge is 2.02. The molecule has 2 heteroatoms. The normalized spacial score (nSPS) is 10.5. The number of aryl methyl sites for hydroxylation is 1. The van der Waals surface area contributed by atoms with Crippen LogP contribution >= 0.6 is 0 Å². The Morgan fingerprint density at radius 3 is 2.90 bits per heavy atom. The predicted octanol–water partition coefficient (Wildman–Crippen LogP) is 1.29. The van der Waals surface area contributed by atoms with E-state index in [9.17, 15) is 0 Å². The standard InChI is InChI=1S/C8H8N2/c1-6-7-4-2-3-5-8(7)10-9-6/h2-5H,1H3,(H,9,10)/p+1. The second kappa shape index (κ2) is 1.84. The van der Waals surface area contributed by atoms with Crippen molar-refractivity contribution in [3.8, 4) is 0 Å². The number of rotatable bonds is 0. The maximum Gasteiger partial charge on any atom is 0.235 e. The van der Waals surface area contributed by atoms with Gasteiger partial charge in [0.15, 0.2) is 0 Å². The van der Waals surface area contributed by atoms with Crippen LogP contribution in [0.3, 0.4) is 0 Å². The first-order chi connectivity index (χ1) is 4.88. The van der Waals surface area contributed by atoms with E-state index in [-0.39, 0.29) is 0 Å². The third-order valence-corrected chi connectivity index (χ3v) is 1.72. The van der Waals surface area contributed by atoms with Crippen LogP contribution in [0.2, 0.25) is 0 Å². The number of hydrogen-bond acceptors (Lipinski definition) is 0. The van der Waals surface area contributed by atoms with Gasteiger partial charge in [0.25, 0.3) is 0 Å². The second-order valence-electron chi connectivity index (χ2n) is 2.42. The van der Waals surface area contributed by atoms with Gasteiger partial charge in [0.05, 0.1) is 11.1 Å². The van der Waals surface area contributed by atoms with E-state index in [2.05, 4.69) is 29.3 Å². The Morgan fingerprint density at radius 1 is 1.30 bits per heavy atom. The number of aromatic amines is 2. The fourth-order valence-electron chi connectivity index (χ4n) is 1.15. The smallest absolute Gasteiger partial charge is 0.171 e. The Hall–Kier alpha value is -1.31. The summed E-state index contributed by atoms with van der Waals surface area (Å²) < 4.78 is 0. The van der Waals surface area contributed by atoms with Crippen LogP contribution < -0.4 is 5.10 Å². The molecule has 0 aliphatic carbocycles. The fraction of sp³-hybridized carbons (Fsp3) is 0.125. The van der Waals surface area contributed by atoms with Gasteiger partial charge in [0, 0.05) is 6.07 Å². The molecular weight excluding hydrogens is 124 g/mol. The van der Waals surface area contributed by atoms with Gasteiger partial charge in [0.2, 0.25) is 5.52 Å². The Kier molecular flexibility index (Phi) is 1.01. The van der Waals surface area contributed by atoms with Crippen LogP contribution in [0.25, 0.3) is 10.9 Å². The topological polar surface area (TPSA) is 29.9 Å². The molecule has 2 aromatic rings. The summed E-state index contributed by atoms with van der Waals surface area (Å²) in [4.78, 5) is 0. The Bertz CT molecular complexity index is 349. The van der Waals surface area contributed by atoms with Crippen LogP contribution in [0, 0.1) is 6.92 Å². The molecule has 0 atom stereocenters. The number of benzene rings is 1. The Morgan fingerprint density at radius 2 is 2.10 bits per heavy atom. The molecule has 2 rings (SSSR count). The lowest BCUT2D eigenvalue weighted by Gasteiger charge is -1.79. The number of hydrogen-bond donors (Lipinski definition) is 1. The molecule has 1 aromatic carbocycles. The highest BCUT2D eigenvalue weighted by atomic mass is 15.1. The zero-order valence-corrected chi connectivity index (χ0v) is 5.81. The van der Waals surface area contributed by atoms with E-state index >= 15 is 0 Å². The third kappa shape index (κ3) is 0.620. The van der Waals surface area contributed by atoms with E-state index in [0.717, 1.165) is 0 Å². The summed E-state index contributed by atoms with van der Waals surface area (Å²) in [6, 6.07) is 8.21. The van der Waals surface area contributed by atoms with E-state index in [4.69, 9.17) is 0 Å². The number of fused-ring (bicyclic) bond motifs is 1. The lowest BCUT2D eigenvalue weighted by atomic mass is 10.2. The fourth-order valence-corrected chi connectivity index (χ4v) is 1.15. The molecule has 0 fully saturated rings. The van der Waals surface area contributed by atoms with Crippen molar-refractivity contribution in [3.05, 3.63) is 30.0 Å². The SMILES string of the molecule is Cc1[nH][nH+]c2ccccc12. The van der Waals surface area contributed by atoms with Gasteiger partial charge in [-0.1, -0.05) is 12.1 Å². The maximum absolute atomic E-state index is 3.06. The summed E-state index contributed by atoms with van der Waals surface area (Å²) in [5.74, 6) is 0. The number of aromatic nitrogens is 2. The first-order valence-corrected chi connectivity index (χ1v) is 3.33. The molecule has 0 saturated carbocycles. The van der Waals surface area contributed by atoms with Crippen molar-refractivity contribution in [2.75, 3.05) is 0 Å². The minimum absolute atomic E-state index is 1.17. The summed E-state index contributed by atoms with van der Waals surface area (Å²) in [5.41, 5.74) is 2.36. The van der Waals surface area contributed by atoms with Gasteiger partial charge >= 0.3 is 0 Å². The molecule has 1 heterocycles. The molecular formula is C8H9N2+. The zero-order valence-electron chi connectivity index (χ0n) is 5.81. The first kappa shape index (κ1) is 5.47. The molecule has 2 nitrogen and oxygen atoms in total. The summed E-state index contributed by atoms with van der Waals surface area (Å²) >= 11 is 0. The molecule has 0 amide bonds. The quantitative estimate of drug-likeness (QED) is 0.561. The van der Waals surface area contributed by atoms with Crippen LogP contribution in [0.1, 0.15) is 5.69 Å². The van der Waals surface area contributed by atoms with Crippen LogP contribution in [0.15, 0.2) is 24.3 Å². The monoisotopic (exact) mass is 133 g/mol. The number of para-hydroxylation sites is 1. The molecule has 50 valence electrons. The van der Waals surface area contributed by atoms with Gasteiger partial charge in [0.1, 0.15) is 0 Å². The van der Waals surface area contributed by atoms with Crippen LogP contribution in [0.5, 0.6) is 0 Å². The minimum Gasteiger partial charge on any atom is -0.171 e. The van der Waals surface area contributed by atoms with E-state index in [0.29, 0.717) is 0 Å². The molecule has 10 heavy (non-hydrogen) atoms. The maximum atomic E-state index is 3.06. The van der Waals surface area contributed by atoms with Crippen LogP contribution in [-0.2, 0) is 0 Å². The largest absolute Gasteiger partial charge is 0.235 e. The predicted molar refractivity (Wildman–Crippen MR) is 39.6 cm³/mol. The van der Waals surface area contributed by atoms with Crippen molar-refractivity contribution in [2.45, 2.75) is 6.92 Å². The number of nitrogens with one attached hydrogen (secondary N) is 2. The number of H-pyrrole nitrogens is 2. The summed E-state index contributed by atoms with van der Waals surface area (Å²) in [6.07, 6.45) is 0. The molecule has 0 radical (unpaired) electrons. The first-order valence-electron chi connectivity index (χ1n) is 3.33. The minimum atomic E-state index is 1.17. The van der Waals surface area contributed by atoms with Crippen molar-refractivity contribution >= 4 is 10.9 Å². The van der Waals surface area contributed by atoms with Gasteiger partial charge in [-0.2, -0.15) is 5.10 Å². The van der Waals surface area contributed by atoms with Crippen molar-refractivity contribution in [1.82, 2.24) is 5.10 Å². The average molecular weight is 133 g/mol. The van der Waals surface area contributed by atoms with Gasteiger partial charge in [-0.05, 0) is 13.0 Å². The van der Waals surface area contributed by atoms with Gasteiger partial charge in [-0.25, -0.2) is 0 Å². The van der Waals surface area contributed by atoms with Gasteiger partial charge in [-0.3, -0.25) is 0 Å². The van der Waals surface area contributed by atoms with E-state index in [1.54, 1.807) is 0 Å². The van der Waals surface area contributed by atoms with Crippen LogP contribution in [-0.4, -0.2) is 5.10 Å². The molecule has 0 aliphatic rings. The van der Waals surface area contributed by atoms with E-state index < -0.39 is 0 Å². The van der Waals surface area contributed by atoms with Crippen molar-refractivity contribution in [3.63, 3.8) is 0 Å². The summed E-state index contributed by atoms with van der Waals surface area (Å²) in [6.45, 7) is 2.05.